The maximum Gasteiger partial charge on any atom is 0.276 e. The molecule has 100 valence electrons. The number of fused-ring (bicyclic) bond motifs is 1. The highest BCUT2D eigenvalue weighted by Gasteiger charge is 2.21. The first-order chi connectivity index (χ1) is 8.84. The summed E-state index contributed by atoms with van der Waals surface area (Å²) in [6.07, 6.45) is 4.15. The number of nitrogens with one attached hydrogen (secondary N) is 3. The summed E-state index contributed by atoms with van der Waals surface area (Å²) in [6.45, 7) is 1.60. The van der Waals surface area contributed by atoms with Crippen LogP contribution < -0.4 is 10.6 Å². The molecule has 3 N–H and O–H groups in total. The lowest BCUT2D eigenvalue weighted by Gasteiger charge is -2.12. The number of hydrogen-bond acceptors (Lipinski definition) is 4. The number of nitrogens with zero attached hydrogens (tertiary/aromatic N) is 2. The molecule has 7 heteroatoms. The van der Waals surface area contributed by atoms with Crippen molar-refractivity contribution in [1.29, 1.82) is 0 Å². The van der Waals surface area contributed by atoms with Crippen molar-refractivity contribution in [2.45, 2.75) is 13.0 Å². The third kappa shape index (κ3) is 2.74. The Labute approximate surface area is 116 Å². The molecule has 6 nitrogen and oxygen atoms in total. The van der Waals surface area contributed by atoms with Crippen LogP contribution in [0.5, 0.6) is 0 Å². The lowest BCUT2D eigenvalue weighted by molar-refractivity contribution is 0.102. The van der Waals surface area contributed by atoms with Gasteiger partial charge in [-0.3, -0.25) is 14.9 Å². The summed E-state index contributed by atoms with van der Waals surface area (Å²) in [5.41, 5.74) is 3.20. The quantitative estimate of drug-likeness (QED) is 0.769. The van der Waals surface area contributed by atoms with Gasteiger partial charge >= 0.3 is 0 Å². The highest BCUT2D eigenvalue weighted by molar-refractivity contribution is 6.04. The van der Waals surface area contributed by atoms with Crippen molar-refractivity contribution in [1.82, 2.24) is 20.5 Å². The molecule has 0 aromatic carbocycles. The second kappa shape index (κ2) is 5.81. The van der Waals surface area contributed by atoms with Crippen LogP contribution in [0, 0.1) is 0 Å². The smallest absolute Gasteiger partial charge is 0.276 e. The van der Waals surface area contributed by atoms with Crippen molar-refractivity contribution in [2.24, 2.45) is 0 Å². The lowest BCUT2D eigenvalue weighted by atomic mass is 10.1. The molecule has 0 spiro atoms. The first-order valence-corrected chi connectivity index (χ1v) is 5.83. The van der Waals surface area contributed by atoms with Crippen molar-refractivity contribution < 1.29 is 4.79 Å². The molecule has 2 aromatic heterocycles. The van der Waals surface area contributed by atoms with Crippen molar-refractivity contribution in [3.8, 4) is 0 Å². The number of carbonyl (C=O) groups is 1. The van der Waals surface area contributed by atoms with E-state index in [4.69, 9.17) is 0 Å². The molecule has 0 fully saturated rings. The van der Waals surface area contributed by atoms with E-state index < -0.39 is 0 Å². The van der Waals surface area contributed by atoms with Gasteiger partial charge in [-0.25, -0.2) is 0 Å². The number of rotatable bonds is 2. The molecule has 3 rings (SSSR count). The number of pyridine rings is 1. The Morgan fingerprint density at radius 1 is 1.32 bits per heavy atom. The fourth-order valence-corrected chi connectivity index (χ4v) is 2.04. The average molecular weight is 280 g/mol. The number of aromatic nitrogens is 3. The van der Waals surface area contributed by atoms with E-state index in [9.17, 15) is 4.79 Å². The first kappa shape index (κ1) is 13.5. The zero-order valence-corrected chi connectivity index (χ0v) is 11.0. The minimum absolute atomic E-state index is 0. The van der Waals surface area contributed by atoms with Crippen LogP contribution in [0.1, 0.15) is 21.7 Å². The van der Waals surface area contributed by atoms with Crippen LogP contribution in [0.3, 0.4) is 0 Å². The van der Waals surface area contributed by atoms with Gasteiger partial charge in [0.2, 0.25) is 0 Å². The molecule has 1 amide bonds. The van der Waals surface area contributed by atoms with Gasteiger partial charge in [0.05, 0.1) is 0 Å². The van der Waals surface area contributed by atoms with Gasteiger partial charge in [0, 0.05) is 48.8 Å². The van der Waals surface area contributed by atoms with Crippen molar-refractivity contribution >= 4 is 24.0 Å². The topological polar surface area (TPSA) is 82.7 Å². The molecular weight excluding hydrogens is 266 g/mol. The largest absolute Gasteiger partial charge is 0.320 e. The highest BCUT2D eigenvalue weighted by Crippen LogP contribution is 2.16. The second-order valence-electron chi connectivity index (χ2n) is 4.15. The SMILES string of the molecule is Cl.O=C(Nc1ccncc1)c1n[nH]c2c1CNCC2. The molecule has 3 heterocycles. The summed E-state index contributed by atoms with van der Waals surface area (Å²) < 4.78 is 0. The molecular formula is C12H14ClN5O. The maximum absolute atomic E-state index is 12.1. The van der Waals surface area contributed by atoms with Crippen LogP contribution in [0.2, 0.25) is 0 Å². The van der Waals surface area contributed by atoms with Crippen LogP contribution in [-0.2, 0) is 13.0 Å². The highest BCUT2D eigenvalue weighted by atomic mass is 35.5. The van der Waals surface area contributed by atoms with Crippen LogP contribution in [0.15, 0.2) is 24.5 Å². The Morgan fingerprint density at radius 3 is 2.89 bits per heavy atom. The van der Waals surface area contributed by atoms with Crippen LogP contribution in [0.4, 0.5) is 5.69 Å². The summed E-state index contributed by atoms with van der Waals surface area (Å²) in [6, 6.07) is 3.49. The minimum Gasteiger partial charge on any atom is -0.320 e. The molecule has 0 aliphatic carbocycles. The van der Waals surface area contributed by atoms with E-state index in [-0.39, 0.29) is 18.3 Å². The molecule has 0 atom stereocenters. The van der Waals surface area contributed by atoms with Gasteiger partial charge in [-0.2, -0.15) is 5.10 Å². The van der Waals surface area contributed by atoms with Gasteiger partial charge in [-0.05, 0) is 12.1 Å². The number of H-pyrrole nitrogens is 1. The predicted molar refractivity (Wildman–Crippen MR) is 73.4 cm³/mol. The molecule has 19 heavy (non-hydrogen) atoms. The number of amides is 1. The van der Waals surface area contributed by atoms with Crippen molar-refractivity contribution in [3.63, 3.8) is 0 Å². The molecule has 0 unspecified atom stereocenters. The van der Waals surface area contributed by atoms with Crippen LogP contribution >= 0.6 is 12.4 Å². The monoisotopic (exact) mass is 279 g/mol. The summed E-state index contributed by atoms with van der Waals surface area (Å²) >= 11 is 0. The van der Waals surface area contributed by atoms with Gasteiger partial charge < -0.3 is 10.6 Å². The van der Waals surface area contributed by atoms with E-state index >= 15 is 0 Å². The Kier molecular flexibility index (Phi) is 4.13. The van der Waals surface area contributed by atoms with E-state index in [0.29, 0.717) is 12.2 Å². The van der Waals surface area contributed by atoms with Gasteiger partial charge in [0.1, 0.15) is 0 Å². The Bertz CT molecular complexity index is 569. The summed E-state index contributed by atoms with van der Waals surface area (Å²) in [5, 5.41) is 13.1. The fourth-order valence-electron chi connectivity index (χ4n) is 2.04. The third-order valence-corrected chi connectivity index (χ3v) is 2.96. The van der Waals surface area contributed by atoms with Crippen LogP contribution in [0.25, 0.3) is 0 Å². The average Bonchev–Trinajstić information content (AvgIpc) is 2.84. The lowest BCUT2D eigenvalue weighted by Crippen LogP contribution is -2.25. The van der Waals surface area contributed by atoms with Gasteiger partial charge in [0.15, 0.2) is 5.69 Å². The van der Waals surface area contributed by atoms with E-state index in [1.807, 2.05) is 0 Å². The van der Waals surface area contributed by atoms with E-state index in [1.165, 1.54) is 0 Å². The molecule has 1 aliphatic heterocycles. The zero-order valence-electron chi connectivity index (χ0n) is 10.1. The normalized spacial score (nSPS) is 13.3. The molecule has 0 radical (unpaired) electrons. The van der Waals surface area contributed by atoms with Crippen LogP contribution in [-0.4, -0.2) is 27.6 Å². The van der Waals surface area contributed by atoms with Crippen molar-refractivity contribution in [2.75, 3.05) is 11.9 Å². The van der Waals surface area contributed by atoms with Gasteiger partial charge in [-0.1, -0.05) is 0 Å². The molecule has 2 aromatic rings. The summed E-state index contributed by atoms with van der Waals surface area (Å²) in [4.78, 5) is 16.0. The number of hydrogen-bond donors (Lipinski definition) is 3. The number of aromatic amines is 1. The number of anilines is 1. The minimum atomic E-state index is -0.192. The fraction of sp³-hybridized carbons (Fsp3) is 0.250. The zero-order chi connectivity index (χ0) is 12.4. The Hall–Kier alpha value is -1.92. The third-order valence-electron chi connectivity index (χ3n) is 2.96. The molecule has 1 aliphatic rings. The van der Waals surface area contributed by atoms with E-state index in [2.05, 4.69) is 25.8 Å². The van der Waals surface area contributed by atoms with Gasteiger partial charge in [0.25, 0.3) is 5.91 Å². The van der Waals surface area contributed by atoms with E-state index in [1.54, 1.807) is 24.5 Å². The number of carbonyl (C=O) groups excluding carboxylic acids is 1. The standard InChI is InChI=1S/C12H13N5O.ClH/c18-12(15-8-1-4-13-5-2-8)11-9-7-14-6-3-10(9)16-17-11;/h1-2,4-5,14H,3,6-7H2,(H,16,17)(H,13,15,18);1H. The molecule has 0 bridgehead atoms. The second-order valence-corrected chi connectivity index (χ2v) is 4.15. The predicted octanol–water partition coefficient (Wildman–Crippen LogP) is 1.12. The Morgan fingerprint density at radius 2 is 2.11 bits per heavy atom. The molecule has 0 saturated carbocycles. The molecule has 0 saturated heterocycles. The van der Waals surface area contributed by atoms with Gasteiger partial charge in [-0.15, -0.1) is 12.4 Å². The maximum atomic E-state index is 12.1. The summed E-state index contributed by atoms with van der Waals surface area (Å²) in [7, 11) is 0. The van der Waals surface area contributed by atoms with E-state index in [0.717, 1.165) is 29.9 Å². The first-order valence-electron chi connectivity index (χ1n) is 5.83. The van der Waals surface area contributed by atoms with Crippen molar-refractivity contribution in [3.05, 3.63) is 41.5 Å². The Balaban J connectivity index is 0.00000133. The summed E-state index contributed by atoms with van der Waals surface area (Å²) in [5.74, 6) is -0.192. The number of halogens is 1.